The second-order valence-electron chi connectivity index (χ2n) is 3.61. The van der Waals surface area contributed by atoms with E-state index in [1.807, 2.05) is 0 Å². The number of rotatable bonds is 6. The topological polar surface area (TPSA) is 127 Å². The van der Waals surface area contributed by atoms with Crippen LogP contribution in [0, 0.1) is 0 Å². The van der Waals surface area contributed by atoms with E-state index in [0.717, 1.165) is 11.3 Å². The van der Waals surface area contributed by atoms with Gasteiger partial charge in [-0.25, -0.2) is 13.7 Å². The minimum Gasteiger partial charge on any atom is -0.477 e. The van der Waals surface area contributed by atoms with E-state index in [-0.39, 0.29) is 14.1 Å². The van der Waals surface area contributed by atoms with Gasteiger partial charge in [-0.2, -0.15) is 0 Å². The van der Waals surface area contributed by atoms with Crippen LogP contribution in [0.2, 0.25) is 4.34 Å². The third kappa shape index (κ3) is 4.21. The van der Waals surface area contributed by atoms with Crippen LogP contribution in [0.5, 0.6) is 0 Å². The lowest BCUT2D eigenvalue weighted by Gasteiger charge is -2.20. The van der Waals surface area contributed by atoms with Gasteiger partial charge in [0.1, 0.15) is 28.2 Å². The van der Waals surface area contributed by atoms with Crippen LogP contribution in [0.25, 0.3) is 0 Å². The molecule has 0 aliphatic rings. The molecule has 4 unspecified atom stereocenters. The zero-order valence-electron chi connectivity index (χ0n) is 9.61. The Morgan fingerprint density at radius 3 is 2.53 bits per heavy atom. The van der Waals surface area contributed by atoms with E-state index >= 15 is 0 Å². The molecule has 0 saturated heterocycles. The number of carboxylic acids is 1. The maximum Gasteiger partial charge on any atom is 0.347 e. The highest BCUT2D eigenvalue weighted by molar-refractivity contribution is 7.83. The molecule has 10 heteroatoms. The first-order valence-corrected chi connectivity index (χ1v) is 7.33. The molecule has 0 bridgehead atoms. The summed E-state index contributed by atoms with van der Waals surface area (Å²) in [7, 11) is -2.09. The van der Waals surface area contributed by atoms with Crippen LogP contribution in [0.3, 0.4) is 0 Å². The normalized spacial score (nSPS) is 17.7. The molecule has 7 nitrogen and oxygen atoms in total. The number of halogens is 1. The molecule has 1 rings (SSSR count). The lowest BCUT2D eigenvalue weighted by atomic mass is 10.2. The molecule has 0 spiro atoms. The quantitative estimate of drug-likeness (QED) is 0.459. The van der Waals surface area contributed by atoms with Crippen LogP contribution in [-0.4, -0.2) is 49.0 Å². The van der Waals surface area contributed by atoms with Gasteiger partial charge < -0.3 is 20.4 Å². The van der Waals surface area contributed by atoms with Crippen molar-refractivity contribution in [2.24, 2.45) is 0 Å². The fourth-order valence-electron chi connectivity index (χ4n) is 1.14. The van der Waals surface area contributed by atoms with E-state index in [1.165, 1.54) is 13.0 Å². The van der Waals surface area contributed by atoms with Gasteiger partial charge >= 0.3 is 5.97 Å². The number of aliphatic hydroxyl groups excluding tert-OH is 3. The van der Waals surface area contributed by atoms with Crippen molar-refractivity contribution >= 4 is 39.9 Å². The molecule has 1 aromatic heterocycles. The van der Waals surface area contributed by atoms with Gasteiger partial charge in [-0.1, -0.05) is 11.6 Å². The van der Waals surface area contributed by atoms with Crippen LogP contribution < -0.4 is 4.72 Å². The van der Waals surface area contributed by atoms with E-state index in [2.05, 4.69) is 4.72 Å². The van der Waals surface area contributed by atoms with Crippen molar-refractivity contribution < 1.29 is 29.4 Å². The van der Waals surface area contributed by atoms with E-state index in [0.29, 0.717) is 0 Å². The zero-order valence-corrected chi connectivity index (χ0v) is 12.0. The summed E-state index contributed by atoms with van der Waals surface area (Å²) in [5.41, 5.74) is 0. The molecule has 4 atom stereocenters. The Kier molecular flexibility index (Phi) is 5.86. The molecule has 108 valence electrons. The predicted molar refractivity (Wildman–Crippen MR) is 69.5 cm³/mol. The average molecular weight is 330 g/mol. The first-order chi connectivity index (χ1) is 8.73. The summed E-state index contributed by atoms with van der Waals surface area (Å²) >= 11 is 6.38. The van der Waals surface area contributed by atoms with Crippen LogP contribution in [-0.2, 0) is 11.0 Å². The maximum atomic E-state index is 11.9. The third-order valence-electron chi connectivity index (χ3n) is 2.11. The predicted octanol–water partition coefficient (Wildman–Crippen LogP) is -0.228. The van der Waals surface area contributed by atoms with Crippen molar-refractivity contribution in [1.29, 1.82) is 0 Å². The van der Waals surface area contributed by atoms with Gasteiger partial charge in [0.15, 0.2) is 0 Å². The smallest absolute Gasteiger partial charge is 0.347 e. The van der Waals surface area contributed by atoms with Gasteiger partial charge in [0.25, 0.3) is 0 Å². The molecule has 0 saturated carbocycles. The lowest BCUT2D eigenvalue weighted by molar-refractivity contribution is -0.0551. The van der Waals surface area contributed by atoms with Gasteiger partial charge in [-0.15, -0.1) is 11.3 Å². The number of aromatic carboxylic acids is 1. The van der Waals surface area contributed by atoms with E-state index in [4.69, 9.17) is 21.8 Å². The molecule has 0 fully saturated rings. The Balaban J connectivity index is 2.87. The van der Waals surface area contributed by atoms with Crippen LogP contribution in [0.15, 0.2) is 11.0 Å². The number of nitrogens with one attached hydrogen (secondary N) is 1. The highest BCUT2D eigenvalue weighted by atomic mass is 35.5. The average Bonchev–Trinajstić information content (AvgIpc) is 2.70. The lowest BCUT2D eigenvalue weighted by Crippen LogP contribution is -2.45. The highest BCUT2D eigenvalue weighted by Gasteiger charge is 2.26. The Hall–Kier alpha value is -0.550. The summed E-state index contributed by atoms with van der Waals surface area (Å²) in [4.78, 5) is 10.6. The Morgan fingerprint density at radius 1 is 1.47 bits per heavy atom. The second kappa shape index (κ2) is 6.75. The van der Waals surface area contributed by atoms with Gasteiger partial charge in [0.2, 0.25) is 0 Å². The summed E-state index contributed by atoms with van der Waals surface area (Å²) in [6.45, 7) is 1.24. The number of carbonyl (C=O) groups is 1. The van der Waals surface area contributed by atoms with Crippen molar-refractivity contribution in [2.75, 3.05) is 0 Å². The molecular weight excluding hydrogens is 318 g/mol. The summed E-state index contributed by atoms with van der Waals surface area (Å²) in [6.07, 6.45) is -4.49. The standard InChI is InChI=1S/C9H12ClNO6S2/c1-3(12)6(13)8(14)11-19(17)4-2-5(10)18-7(4)9(15)16/h2-3,6,8,11-14H,1H3,(H,15,16). The Morgan fingerprint density at radius 2 is 2.05 bits per heavy atom. The molecule has 1 aromatic rings. The summed E-state index contributed by atoms with van der Waals surface area (Å²) in [5.74, 6) is -1.30. The fraction of sp³-hybridized carbons (Fsp3) is 0.444. The Labute approximate surface area is 120 Å². The summed E-state index contributed by atoms with van der Waals surface area (Å²) < 4.78 is 14.1. The van der Waals surface area contributed by atoms with Gasteiger partial charge in [0, 0.05) is 0 Å². The van der Waals surface area contributed by atoms with Crippen LogP contribution >= 0.6 is 22.9 Å². The van der Waals surface area contributed by atoms with Crippen molar-refractivity contribution in [3.63, 3.8) is 0 Å². The van der Waals surface area contributed by atoms with E-state index < -0.39 is 35.4 Å². The van der Waals surface area contributed by atoms with Crippen LogP contribution in [0.1, 0.15) is 16.6 Å². The molecule has 0 aliphatic heterocycles. The monoisotopic (exact) mass is 329 g/mol. The SMILES string of the molecule is CC(O)C(O)C(O)NS(=O)c1cc(Cl)sc1C(=O)O. The van der Waals surface area contributed by atoms with Crippen molar-refractivity contribution in [2.45, 2.75) is 30.3 Å². The van der Waals surface area contributed by atoms with E-state index in [9.17, 15) is 19.2 Å². The Bertz CT molecular complexity index is 491. The minimum atomic E-state index is -2.09. The van der Waals surface area contributed by atoms with Crippen LogP contribution in [0.4, 0.5) is 0 Å². The van der Waals surface area contributed by atoms with E-state index in [1.54, 1.807) is 0 Å². The molecule has 0 amide bonds. The summed E-state index contributed by atoms with van der Waals surface area (Å²) in [5, 5.41) is 36.8. The molecule has 0 aromatic carbocycles. The largest absolute Gasteiger partial charge is 0.477 e. The van der Waals surface area contributed by atoms with Gasteiger partial charge in [0.05, 0.1) is 15.3 Å². The molecule has 0 aliphatic carbocycles. The number of hydrogen-bond donors (Lipinski definition) is 5. The van der Waals surface area contributed by atoms with Gasteiger partial charge in [-0.05, 0) is 13.0 Å². The first-order valence-electron chi connectivity index (χ1n) is 4.98. The first kappa shape index (κ1) is 16.5. The van der Waals surface area contributed by atoms with Crippen molar-refractivity contribution in [1.82, 2.24) is 4.72 Å². The molecule has 19 heavy (non-hydrogen) atoms. The molecule has 0 radical (unpaired) electrons. The number of aliphatic hydroxyl groups is 3. The second-order valence-corrected chi connectivity index (χ2v) is 6.51. The van der Waals surface area contributed by atoms with Crippen molar-refractivity contribution in [3.05, 3.63) is 15.3 Å². The summed E-state index contributed by atoms with van der Waals surface area (Å²) in [6, 6.07) is 1.19. The molecular formula is C9H12ClNO6S2. The number of hydrogen-bond acceptors (Lipinski definition) is 6. The number of carboxylic acid groups (broad SMARTS) is 1. The minimum absolute atomic E-state index is 0.112. The number of thiophene rings is 1. The zero-order chi connectivity index (χ0) is 14.7. The third-order valence-corrected chi connectivity index (χ3v) is 4.67. The maximum absolute atomic E-state index is 11.9. The molecule has 5 N–H and O–H groups in total. The van der Waals surface area contributed by atoms with Crippen molar-refractivity contribution in [3.8, 4) is 0 Å². The molecule has 1 heterocycles. The van der Waals surface area contributed by atoms with Gasteiger partial charge in [-0.3, -0.25) is 0 Å². The fourth-order valence-corrected chi connectivity index (χ4v) is 3.56. The highest BCUT2D eigenvalue weighted by Crippen LogP contribution is 2.28.